The molecule has 0 bridgehead atoms. The van der Waals surface area contributed by atoms with Crippen molar-refractivity contribution < 1.29 is 36.7 Å². The van der Waals surface area contributed by atoms with Gasteiger partial charge in [-0.1, -0.05) is 26.3 Å². The molecule has 5 amide bonds. The number of alkyl halides is 3. The minimum atomic E-state index is -4.77. The Balaban J connectivity index is 0.00000141. The summed E-state index contributed by atoms with van der Waals surface area (Å²) in [5, 5.41) is 2.17. The van der Waals surface area contributed by atoms with Gasteiger partial charge in [-0.15, -0.1) is 0 Å². The molecular weight excluding hydrogens is 584 g/mol. The van der Waals surface area contributed by atoms with Crippen molar-refractivity contribution in [3.63, 3.8) is 0 Å². The Morgan fingerprint density at radius 3 is 2.25 bits per heavy atom. The fraction of sp³-hybridized carbons (Fsp3) is 0.400. The molecule has 0 radical (unpaired) electrons. The summed E-state index contributed by atoms with van der Waals surface area (Å²) in [6.45, 7) is 3.96. The molecule has 2 aliphatic heterocycles. The molecule has 1 N–H and O–H groups in total. The highest BCUT2D eigenvalue weighted by Crippen LogP contribution is 2.38. The Hall–Kier alpha value is -4.62. The molecule has 2 fully saturated rings. The normalized spacial score (nSPS) is 16.3. The van der Waals surface area contributed by atoms with Crippen LogP contribution < -0.4 is 5.32 Å². The van der Waals surface area contributed by atoms with E-state index in [0.717, 1.165) is 10.5 Å². The summed E-state index contributed by atoms with van der Waals surface area (Å²) in [5.41, 5.74) is -1.14. The number of piperidine rings is 1. The number of imide groups is 1. The first-order chi connectivity index (χ1) is 20.8. The minimum absolute atomic E-state index is 0.0825. The molecule has 2 aliphatic rings. The molecule has 0 unspecified atom stereocenters. The summed E-state index contributed by atoms with van der Waals surface area (Å²) in [6.07, 6.45) is -0.129. The number of likely N-dealkylation sites (N-methyl/N-ethyl adjacent to an activating group) is 1. The van der Waals surface area contributed by atoms with Crippen molar-refractivity contribution >= 4 is 34.8 Å². The molecule has 234 valence electrons. The summed E-state index contributed by atoms with van der Waals surface area (Å²) >= 11 is 0. The summed E-state index contributed by atoms with van der Waals surface area (Å²) in [4.78, 5) is 63.9. The molecule has 44 heavy (non-hydrogen) atoms. The van der Waals surface area contributed by atoms with Gasteiger partial charge in [0.2, 0.25) is 5.91 Å². The third-order valence-electron chi connectivity index (χ3n) is 7.49. The van der Waals surface area contributed by atoms with Crippen LogP contribution in [-0.2, 0) is 22.3 Å². The zero-order valence-electron chi connectivity index (χ0n) is 24.4. The molecule has 2 saturated heterocycles. The molecule has 3 aromatic rings. The zero-order valence-corrected chi connectivity index (χ0v) is 24.4. The van der Waals surface area contributed by atoms with Crippen LogP contribution in [0.2, 0.25) is 0 Å². The number of amides is 5. The number of fused-ring (bicyclic) bond motifs is 1. The van der Waals surface area contributed by atoms with Gasteiger partial charge in [0.1, 0.15) is 11.4 Å². The molecule has 1 spiro atoms. The number of likely N-dealkylation sites (tertiary alicyclic amines) is 1. The monoisotopic (exact) mass is 616 g/mol. The molecule has 0 saturated carbocycles. The number of urea groups is 1. The van der Waals surface area contributed by atoms with Gasteiger partial charge in [-0.3, -0.25) is 29.3 Å². The number of benzene rings is 2. The average molecular weight is 617 g/mol. The predicted molar refractivity (Wildman–Crippen MR) is 151 cm³/mol. The number of hydrogen-bond donors (Lipinski definition) is 1. The van der Waals surface area contributed by atoms with Crippen molar-refractivity contribution in [2.45, 2.75) is 51.4 Å². The van der Waals surface area contributed by atoms with E-state index in [2.05, 4.69) is 29.1 Å². The number of aromatic nitrogens is 2. The Morgan fingerprint density at radius 1 is 0.977 bits per heavy atom. The van der Waals surface area contributed by atoms with Crippen LogP contribution in [0.15, 0.2) is 48.8 Å². The molecular formula is C30H32F4N6O4. The molecule has 14 heteroatoms. The second-order valence-corrected chi connectivity index (χ2v) is 10.6. The number of nitrogens with zero attached hydrogens (tertiary/aromatic N) is 5. The van der Waals surface area contributed by atoms with E-state index < -0.39 is 53.0 Å². The van der Waals surface area contributed by atoms with Gasteiger partial charge in [0.05, 0.1) is 28.7 Å². The first-order valence-electron chi connectivity index (χ1n) is 14.0. The number of hydrogen-bond acceptors (Lipinski definition) is 6. The fourth-order valence-electron chi connectivity index (χ4n) is 5.24. The van der Waals surface area contributed by atoms with Gasteiger partial charge in [0.15, 0.2) is 0 Å². The fourth-order valence-corrected chi connectivity index (χ4v) is 5.24. The smallest absolute Gasteiger partial charge is 0.343 e. The first-order valence-corrected chi connectivity index (χ1v) is 14.0. The Bertz CT molecular complexity index is 1570. The quantitative estimate of drug-likeness (QED) is 0.336. The standard InChI is InChI=1S/C27H24F4N6O4.C3H8/c1-35-24(40)26(37(25(35)41)15-16-2-5-20-21(12-16)33-9-8-32-20)6-10-36(11-7-26)22(38)14-34-23(39)18-13-17(27(29,30)31)3-4-19(18)28;1-3-2/h2-5,8-9,12-13H,6-7,10-11,14-15H2,1H3,(H,34,39);3H2,1-2H3. The number of halogens is 4. The van der Waals surface area contributed by atoms with E-state index in [0.29, 0.717) is 29.2 Å². The van der Waals surface area contributed by atoms with Crippen molar-refractivity contribution in [1.82, 2.24) is 30.0 Å². The highest BCUT2D eigenvalue weighted by atomic mass is 19.4. The molecule has 5 rings (SSSR count). The second-order valence-electron chi connectivity index (χ2n) is 10.6. The van der Waals surface area contributed by atoms with E-state index in [4.69, 9.17) is 0 Å². The van der Waals surface area contributed by atoms with Crippen LogP contribution in [0.1, 0.15) is 54.6 Å². The largest absolute Gasteiger partial charge is 0.416 e. The van der Waals surface area contributed by atoms with Crippen LogP contribution in [0.5, 0.6) is 0 Å². The maximum atomic E-state index is 14.0. The van der Waals surface area contributed by atoms with E-state index in [-0.39, 0.29) is 38.4 Å². The molecule has 0 atom stereocenters. The second kappa shape index (κ2) is 12.9. The first kappa shape index (κ1) is 32.3. The van der Waals surface area contributed by atoms with Gasteiger partial charge in [-0.25, -0.2) is 9.18 Å². The van der Waals surface area contributed by atoms with E-state index in [1.165, 1.54) is 23.3 Å². The highest BCUT2D eigenvalue weighted by molar-refractivity contribution is 6.07. The van der Waals surface area contributed by atoms with E-state index >= 15 is 0 Å². The lowest BCUT2D eigenvalue weighted by molar-refractivity contribution is -0.140. The van der Waals surface area contributed by atoms with Gasteiger partial charge < -0.3 is 15.1 Å². The molecule has 3 heterocycles. The van der Waals surface area contributed by atoms with Crippen molar-refractivity contribution in [3.8, 4) is 0 Å². The zero-order chi connectivity index (χ0) is 32.2. The predicted octanol–water partition coefficient (Wildman–Crippen LogP) is 4.39. The van der Waals surface area contributed by atoms with Gasteiger partial charge >= 0.3 is 12.2 Å². The van der Waals surface area contributed by atoms with E-state index in [1.807, 2.05) is 0 Å². The molecule has 2 aromatic carbocycles. The molecule has 1 aromatic heterocycles. The van der Waals surface area contributed by atoms with Gasteiger partial charge in [0.25, 0.3) is 11.8 Å². The average Bonchev–Trinajstić information content (AvgIpc) is 3.16. The van der Waals surface area contributed by atoms with E-state index in [9.17, 15) is 36.7 Å². The van der Waals surface area contributed by atoms with Gasteiger partial charge in [-0.05, 0) is 48.7 Å². The van der Waals surface area contributed by atoms with Gasteiger partial charge in [-0.2, -0.15) is 13.2 Å². The van der Waals surface area contributed by atoms with Gasteiger partial charge in [0, 0.05) is 39.1 Å². The highest BCUT2D eigenvalue weighted by Gasteiger charge is 2.57. The summed E-state index contributed by atoms with van der Waals surface area (Å²) in [5.74, 6) is -3.27. The third kappa shape index (κ3) is 6.48. The number of carbonyl (C=O) groups excluding carboxylic acids is 4. The van der Waals surface area contributed by atoms with Crippen molar-refractivity contribution in [3.05, 3.63) is 71.3 Å². The van der Waals surface area contributed by atoms with Crippen LogP contribution in [0, 0.1) is 5.82 Å². The van der Waals surface area contributed by atoms with Crippen LogP contribution in [0.25, 0.3) is 11.0 Å². The lowest BCUT2D eigenvalue weighted by atomic mass is 9.85. The topological polar surface area (TPSA) is 116 Å². The van der Waals surface area contributed by atoms with Crippen molar-refractivity contribution in [2.75, 3.05) is 26.7 Å². The Kier molecular flexibility index (Phi) is 9.50. The lowest BCUT2D eigenvalue weighted by Crippen LogP contribution is -2.57. The lowest BCUT2D eigenvalue weighted by Gasteiger charge is -2.42. The van der Waals surface area contributed by atoms with Crippen LogP contribution in [0.4, 0.5) is 22.4 Å². The number of carbonyl (C=O) groups is 4. The maximum absolute atomic E-state index is 14.0. The molecule has 0 aliphatic carbocycles. The van der Waals surface area contributed by atoms with Crippen molar-refractivity contribution in [1.29, 1.82) is 0 Å². The van der Waals surface area contributed by atoms with Crippen LogP contribution >= 0.6 is 0 Å². The SMILES string of the molecule is CCC.CN1C(=O)N(Cc2ccc3nccnc3c2)C2(CCN(C(=O)CNC(=O)c3cc(C(F)(F)F)ccc3F)CC2)C1=O. The minimum Gasteiger partial charge on any atom is -0.343 e. The Morgan fingerprint density at radius 2 is 1.61 bits per heavy atom. The van der Waals surface area contributed by atoms with Crippen molar-refractivity contribution in [2.24, 2.45) is 0 Å². The molecule has 10 nitrogen and oxygen atoms in total. The number of rotatable bonds is 5. The summed E-state index contributed by atoms with van der Waals surface area (Å²) in [7, 11) is 1.40. The van der Waals surface area contributed by atoms with E-state index in [1.54, 1.807) is 30.6 Å². The summed E-state index contributed by atoms with van der Waals surface area (Å²) in [6, 6.07) is 6.34. The maximum Gasteiger partial charge on any atom is 0.416 e. The van der Waals surface area contributed by atoms with Crippen LogP contribution in [-0.4, -0.2) is 80.6 Å². The number of nitrogens with one attached hydrogen (secondary N) is 1. The van der Waals surface area contributed by atoms with Crippen LogP contribution in [0.3, 0.4) is 0 Å². The summed E-state index contributed by atoms with van der Waals surface area (Å²) < 4.78 is 52.9. The Labute approximate surface area is 251 Å². The third-order valence-corrected chi connectivity index (χ3v) is 7.49.